The highest BCUT2D eigenvalue weighted by molar-refractivity contribution is 6.34. The maximum Gasteiger partial charge on any atom is 0.409 e. The first-order chi connectivity index (χ1) is 10.1. The van der Waals surface area contributed by atoms with E-state index in [0.29, 0.717) is 42.5 Å². The SMILES string of the molecule is COC(=O)N1CCN(C(=O)c2ccc(OC)cc2Cl)CC1. The Kier molecular flexibility index (Phi) is 4.90. The van der Waals surface area contributed by atoms with Crippen LogP contribution in [0.4, 0.5) is 4.79 Å². The largest absolute Gasteiger partial charge is 0.497 e. The summed E-state index contributed by atoms with van der Waals surface area (Å²) in [7, 11) is 2.89. The molecule has 1 saturated heterocycles. The third kappa shape index (κ3) is 3.39. The van der Waals surface area contributed by atoms with Gasteiger partial charge in [0.05, 0.1) is 24.8 Å². The molecule has 0 atom stereocenters. The average molecular weight is 313 g/mol. The van der Waals surface area contributed by atoms with Gasteiger partial charge in [-0.2, -0.15) is 0 Å². The Labute approximate surface area is 128 Å². The molecule has 6 nitrogen and oxygen atoms in total. The van der Waals surface area contributed by atoms with Gasteiger partial charge in [0.1, 0.15) is 5.75 Å². The van der Waals surface area contributed by atoms with Gasteiger partial charge in [-0.15, -0.1) is 0 Å². The van der Waals surface area contributed by atoms with E-state index >= 15 is 0 Å². The quantitative estimate of drug-likeness (QED) is 0.836. The summed E-state index contributed by atoms with van der Waals surface area (Å²) in [6, 6.07) is 4.96. The molecule has 114 valence electrons. The normalized spacial score (nSPS) is 14.8. The Morgan fingerprint density at radius 1 is 1.10 bits per heavy atom. The number of hydrogen-bond donors (Lipinski definition) is 0. The summed E-state index contributed by atoms with van der Waals surface area (Å²) in [6.07, 6.45) is -0.371. The number of ether oxygens (including phenoxy) is 2. The molecule has 0 aliphatic carbocycles. The van der Waals surface area contributed by atoms with Crippen LogP contribution in [-0.4, -0.2) is 62.2 Å². The van der Waals surface area contributed by atoms with Crippen molar-refractivity contribution in [2.45, 2.75) is 0 Å². The number of nitrogens with zero attached hydrogens (tertiary/aromatic N) is 2. The molecule has 0 aromatic heterocycles. The Morgan fingerprint density at radius 2 is 1.71 bits per heavy atom. The maximum atomic E-state index is 12.4. The highest BCUT2D eigenvalue weighted by Crippen LogP contribution is 2.24. The molecule has 1 heterocycles. The lowest BCUT2D eigenvalue weighted by Crippen LogP contribution is -2.50. The topological polar surface area (TPSA) is 59.1 Å². The number of amides is 2. The van der Waals surface area contributed by atoms with Crippen molar-refractivity contribution in [2.75, 3.05) is 40.4 Å². The number of hydrogen-bond acceptors (Lipinski definition) is 4. The molecule has 0 bridgehead atoms. The second-order valence-electron chi connectivity index (χ2n) is 4.60. The molecule has 0 radical (unpaired) electrons. The predicted molar refractivity (Wildman–Crippen MR) is 77.9 cm³/mol. The molecular weight excluding hydrogens is 296 g/mol. The van der Waals surface area contributed by atoms with E-state index in [1.54, 1.807) is 35.1 Å². The van der Waals surface area contributed by atoms with Gasteiger partial charge >= 0.3 is 6.09 Å². The highest BCUT2D eigenvalue weighted by atomic mass is 35.5. The number of piperazine rings is 1. The van der Waals surface area contributed by atoms with Crippen molar-refractivity contribution in [3.8, 4) is 5.75 Å². The summed E-state index contributed by atoms with van der Waals surface area (Å²) in [4.78, 5) is 27.1. The van der Waals surface area contributed by atoms with E-state index in [9.17, 15) is 9.59 Å². The smallest absolute Gasteiger partial charge is 0.409 e. The fourth-order valence-electron chi connectivity index (χ4n) is 2.19. The second-order valence-corrected chi connectivity index (χ2v) is 5.00. The minimum Gasteiger partial charge on any atom is -0.497 e. The molecule has 0 spiro atoms. The van der Waals surface area contributed by atoms with Crippen LogP contribution in [0.3, 0.4) is 0 Å². The van der Waals surface area contributed by atoms with Gasteiger partial charge in [0.2, 0.25) is 0 Å². The van der Waals surface area contributed by atoms with Gasteiger partial charge in [0.15, 0.2) is 0 Å². The van der Waals surface area contributed by atoms with Crippen molar-refractivity contribution in [2.24, 2.45) is 0 Å². The number of methoxy groups -OCH3 is 2. The van der Waals surface area contributed by atoms with E-state index in [2.05, 4.69) is 4.74 Å². The zero-order valence-electron chi connectivity index (χ0n) is 12.0. The molecule has 1 aliphatic heterocycles. The Morgan fingerprint density at radius 3 is 2.24 bits per heavy atom. The van der Waals surface area contributed by atoms with Crippen molar-refractivity contribution in [1.29, 1.82) is 0 Å². The van der Waals surface area contributed by atoms with E-state index in [0.717, 1.165) is 0 Å². The van der Waals surface area contributed by atoms with Crippen molar-refractivity contribution in [3.05, 3.63) is 28.8 Å². The lowest BCUT2D eigenvalue weighted by atomic mass is 10.1. The predicted octanol–water partition coefficient (Wildman–Crippen LogP) is 1.87. The third-order valence-electron chi connectivity index (χ3n) is 3.41. The minimum atomic E-state index is -0.371. The molecule has 0 saturated carbocycles. The molecular formula is C14H17ClN2O4. The van der Waals surface area contributed by atoms with Crippen molar-refractivity contribution in [1.82, 2.24) is 9.80 Å². The van der Waals surface area contributed by atoms with E-state index < -0.39 is 0 Å². The molecule has 7 heteroatoms. The van der Waals surface area contributed by atoms with Gasteiger partial charge in [-0.05, 0) is 18.2 Å². The van der Waals surface area contributed by atoms with Crippen LogP contribution in [0.2, 0.25) is 5.02 Å². The first kappa shape index (κ1) is 15.4. The summed E-state index contributed by atoms with van der Waals surface area (Å²) >= 11 is 6.11. The average Bonchev–Trinajstić information content (AvgIpc) is 2.53. The minimum absolute atomic E-state index is 0.146. The monoisotopic (exact) mass is 312 g/mol. The number of carbonyl (C=O) groups is 2. The number of benzene rings is 1. The first-order valence-electron chi connectivity index (χ1n) is 6.52. The van der Waals surface area contributed by atoms with Crippen LogP contribution in [0.1, 0.15) is 10.4 Å². The van der Waals surface area contributed by atoms with Crippen LogP contribution < -0.4 is 4.74 Å². The van der Waals surface area contributed by atoms with Crippen LogP contribution in [0.5, 0.6) is 5.75 Å². The molecule has 2 rings (SSSR count). The molecule has 1 aromatic carbocycles. The second kappa shape index (κ2) is 6.67. The van der Waals surface area contributed by atoms with Gasteiger partial charge in [0, 0.05) is 26.2 Å². The summed E-state index contributed by atoms with van der Waals surface area (Å²) < 4.78 is 9.72. The van der Waals surface area contributed by atoms with Crippen molar-refractivity contribution in [3.63, 3.8) is 0 Å². The number of rotatable bonds is 2. The summed E-state index contributed by atoms with van der Waals surface area (Å²) in [5, 5.41) is 0.356. The Hall–Kier alpha value is -1.95. The van der Waals surface area contributed by atoms with Gasteiger partial charge in [-0.1, -0.05) is 11.6 Å². The molecule has 1 fully saturated rings. The molecule has 1 aromatic rings. The summed E-state index contributed by atoms with van der Waals surface area (Å²) in [5.74, 6) is 0.458. The molecule has 0 N–H and O–H groups in total. The van der Waals surface area contributed by atoms with Gasteiger partial charge < -0.3 is 19.3 Å². The van der Waals surface area contributed by atoms with Crippen LogP contribution in [0.25, 0.3) is 0 Å². The Bertz CT molecular complexity index is 542. The fraction of sp³-hybridized carbons (Fsp3) is 0.429. The molecule has 1 aliphatic rings. The summed E-state index contributed by atoms with van der Waals surface area (Å²) in [5.41, 5.74) is 0.434. The third-order valence-corrected chi connectivity index (χ3v) is 3.72. The van der Waals surface area contributed by atoms with Crippen molar-refractivity contribution >= 4 is 23.6 Å². The van der Waals surface area contributed by atoms with E-state index in [4.69, 9.17) is 16.3 Å². The van der Waals surface area contributed by atoms with Gasteiger partial charge in [0.25, 0.3) is 5.91 Å². The summed E-state index contributed by atoms with van der Waals surface area (Å²) in [6.45, 7) is 1.81. The van der Waals surface area contributed by atoms with Gasteiger partial charge in [-0.25, -0.2) is 4.79 Å². The fourth-order valence-corrected chi connectivity index (χ4v) is 2.44. The van der Waals surface area contributed by atoms with E-state index in [-0.39, 0.29) is 12.0 Å². The van der Waals surface area contributed by atoms with Crippen LogP contribution in [-0.2, 0) is 4.74 Å². The first-order valence-corrected chi connectivity index (χ1v) is 6.90. The zero-order valence-corrected chi connectivity index (χ0v) is 12.7. The number of carbonyl (C=O) groups excluding carboxylic acids is 2. The lowest BCUT2D eigenvalue weighted by molar-refractivity contribution is 0.0600. The lowest BCUT2D eigenvalue weighted by Gasteiger charge is -2.34. The zero-order chi connectivity index (χ0) is 15.4. The van der Waals surface area contributed by atoms with Crippen LogP contribution in [0.15, 0.2) is 18.2 Å². The van der Waals surface area contributed by atoms with Crippen LogP contribution in [0, 0.1) is 0 Å². The maximum absolute atomic E-state index is 12.4. The molecule has 2 amide bonds. The van der Waals surface area contributed by atoms with Gasteiger partial charge in [-0.3, -0.25) is 4.79 Å². The van der Waals surface area contributed by atoms with Crippen LogP contribution >= 0.6 is 11.6 Å². The van der Waals surface area contributed by atoms with E-state index in [1.807, 2.05) is 0 Å². The van der Waals surface area contributed by atoms with E-state index in [1.165, 1.54) is 7.11 Å². The highest BCUT2D eigenvalue weighted by Gasteiger charge is 2.26. The number of halogens is 1. The molecule has 21 heavy (non-hydrogen) atoms. The Balaban J connectivity index is 2.03. The molecule has 0 unspecified atom stereocenters. The standard InChI is InChI=1S/C14H17ClN2O4/c1-20-10-3-4-11(12(15)9-10)13(18)16-5-7-17(8-6-16)14(19)21-2/h3-4,9H,5-8H2,1-2H3. The van der Waals surface area contributed by atoms with Crippen molar-refractivity contribution < 1.29 is 19.1 Å².